The molecule has 0 fully saturated rings. The zero-order valence-corrected chi connectivity index (χ0v) is 20.2. The van der Waals surface area contributed by atoms with Crippen LogP contribution in [0.5, 0.6) is 11.5 Å². The molecule has 0 aliphatic carbocycles. The van der Waals surface area contributed by atoms with Gasteiger partial charge in [-0.05, 0) is 55.3 Å². The Morgan fingerprint density at radius 3 is 2.81 bits per heavy atom. The minimum absolute atomic E-state index is 0.148. The lowest BCUT2D eigenvalue weighted by Crippen LogP contribution is -2.07. The van der Waals surface area contributed by atoms with Crippen LogP contribution in [0.4, 0.5) is 5.13 Å². The van der Waals surface area contributed by atoms with Crippen LogP contribution in [0.1, 0.15) is 30.7 Å². The summed E-state index contributed by atoms with van der Waals surface area (Å²) in [6.07, 6.45) is 1.82. The van der Waals surface area contributed by atoms with Crippen molar-refractivity contribution in [2.24, 2.45) is 5.10 Å². The first-order chi connectivity index (χ1) is 15.6. The van der Waals surface area contributed by atoms with Crippen LogP contribution in [0.15, 0.2) is 57.4 Å². The number of rotatable bonds is 11. The molecule has 7 nitrogen and oxygen atoms in total. The Hall–Kier alpha value is -2.91. The number of halogens is 1. The molecule has 0 unspecified atom stereocenters. The van der Waals surface area contributed by atoms with Gasteiger partial charge in [0.2, 0.25) is 5.13 Å². The third-order valence-electron chi connectivity index (χ3n) is 4.11. The minimum atomic E-state index is -0.293. The number of aromatic nitrogens is 1. The fourth-order valence-electron chi connectivity index (χ4n) is 2.74. The summed E-state index contributed by atoms with van der Waals surface area (Å²) in [5.74, 6) is 1.02. The standard InChI is InChI=1S/C23H24BrN3O4S/c1-3-29-21-11-16(8-9-20(21)31-14-17-6-5-7-18(24)10-17)13-25-27-23-26-19(15-32-23)12-22(28)30-4-2/h5-11,13,15H,3-4,12,14H2,1-2H3,(H,26,27). The number of thiazole rings is 1. The summed E-state index contributed by atoms with van der Waals surface area (Å²) >= 11 is 4.84. The van der Waals surface area contributed by atoms with Crippen LogP contribution in [-0.4, -0.2) is 30.4 Å². The maximum Gasteiger partial charge on any atom is 0.311 e. The zero-order chi connectivity index (χ0) is 22.8. The second-order valence-electron chi connectivity index (χ2n) is 6.55. The van der Waals surface area contributed by atoms with E-state index in [9.17, 15) is 4.79 Å². The van der Waals surface area contributed by atoms with E-state index in [0.717, 1.165) is 15.6 Å². The molecule has 3 rings (SSSR count). The van der Waals surface area contributed by atoms with Crippen LogP contribution in [-0.2, 0) is 22.6 Å². The molecule has 0 aliphatic heterocycles. The Morgan fingerprint density at radius 1 is 1.16 bits per heavy atom. The molecule has 1 aromatic heterocycles. The van der Waals surface area contributed by atoms with Gasteiger partial charge in [-0.15, -0.1) is 11.3 Å². The van der Waals surface area contributed by atoms with Gasteiger partial charge in [0.25, 0.3) is 0 Å². The summed E-state index contributed by atoms with van der Waals surface area (Å²) in [4.78, 5) is 15.9. The highest BCUT2D eigenvalue weighted by molar-refractivity contribution is 9.10. The maximum atomic E-state index is 11.5. The molecule has 0 atom stereocenters. The van der Waals surface area contributed by atoms with Gasteiger partial charge in [0.1, 0.15) is 6.61 Å². The Bertz CT molecular complexity index is 1070. The van der Waals surface area contributed by atoms with E-state index in [0.29, 0.717) is 42.1 Å². The van der Waals surface area contributed by atoms with Gasteiger partial charge in [0.15, 0.2) is 11.5 Å². The normalized spacial score (nSPS) is 10.8. The topological polar surface area (TPSA) is 82.0 Å². The van der Waals surface area contributed by atoms with Gasteiger partial charge in [-0.1, -0.05) is 28.1 Å². The van der Waals surface area contributed by atoms with E-state index in [4.69, 9.17) is 14.2 Å². The number of carbonyl (C=O) groups excluding carboxylic acids is 1. The second kappa shape index (κ2) is 12.2. The summed E-state index contributed by atoms with van der Waals surface area (Å²) in [5, 5.41) is 6.63. The monoisotopic (exact) mass is 517 g/mol. The van der Waals surface area contributed by atoms with Crippen LogP contribution in [0.25, 0.3) is 0 Å². The third kappa shape index (κ3) is 7.35. The quantitative estimate of drug-likeness (QED) is 0.207. The molecule has 0 saturated heterocycles. The Kier molecular flexibility index (Phi) is 9.06. The van der Waals surface area contributed by atoms with E-state index >= 15 is 0 Å². The number of hydrogen-bond donors (Lipinski definition) is 1. The van der Waals surface area contributed by atoms with E-state index in [2.05, 4.69) is 31.4 Å². The number of carbonyl (C=O) groups is 1. The summed E-state index contributed by atoms with van der Waals surface area (Å²) < 4.78 is 17.6. The van der Waals surface area contributed by atoms with Crippen LogP contribution in [0.3, 0.4) is 0 Å². The predicted molar refractivity (Wildman–Crippen MR) is 130 cm³/mol. The van der Waals surface area contributed by atoms with E-state index in [1.165, 1.54) is 11.3 Å². The predicted octanol–water partition coefficient (Wildman–Crippen LogP) is 5.43. The van der Waals surface area contributed by atoms with Crippen molar-refractivity contribution in [3.8, 4) is 11.5 Å². The van der Waals surface area contributed by atoms with Gasteiger partial charge >= 0.3 is 5.97 Å². The number of nitrogens with one attached hydrogen (secondary N) is 1. The van der Waals surface area contributed by atoms with Crippen molar-refractivity contribution in [3.63, 3.8) is 0 Å². The number of hydrogen-bond acceptors (Lipinski definition) is 8. The van der Waals surface area contributed by atoms with Crippen LogP contribution in [0, 0.1) is 0 Å². The SMILES string of the molecule is CCOC(=O)Cc1csc(NN=Cc2ccc(OCc3cccc(Br)c3)c(OCC)c2)n1. The van der Waals surface area contributed by atoms with Crippen LogP contribution < -0.4 is 14.9 Å². The number of hydrazone groups is 1. The smallest absolute Gasteiger partial charge is 0.311 e. The van der Waals surface area contributed by atoms with Crippen molar-refractivity contribution in [1.82, 2.24) is 4.98 Å². The number of benzene rings is 2. The molecule has 0 saturated carbocycles. The fourth-order valence-corrected chi connectivity index (χ4v) is 3.85. The lowest BCUT2D eigenvalue weighted by Gasteiger charge is -2.12. The highest BCUT2D eigenvalue weighted by Crippen LogP contribution is 2.29. The van der Waals surface area contributed by atoms with Crippen molar-refractivity contribution < 1.29 is 19.0 Å². The molecule has 0 spiro atoms. The van der Waals surface area contributed by atoms with Crippen LogP contribution >= 0.6 is 27.3 Å². The highest BCUT2D eigenvalue weighted by Gasteiger charge is 2.09. The van der Waals surface area contributed by atoms with Gasteiger partial charge in [-0.2, -0.15) is 5.10 Å². The number of ether oxygens (including phenoxy) is 3. The Balaban J connectivity index is 1.60. The molecule has 0 amide bonds. The fraction of sp³-hybridized carbons (Fsp3) is 0.261. The molecular weight excluding hydrogens is 494 g/mol. The number of nitrogens with zero attached hydrogens (tertiary/aromatic N) is 2. The first kappa shape index (κ1) is 23.7. The first-order valence-corrected chi connectivity index (χ1v) is 11.8. The molecule has 9 heteroatoms. The van der Waals surface area contributed by atoms with Gasteiger partial charge in [-0.25, -0.2) is 4.98 Å². The molecule has 1 heterocycles. The van der Waals surface area contributed by atoms with Crippen molar-refractivity contribution >= 4 is 44.6 Å². The maximum absolute atomic E-state index is 11.5. The number of anilines is 1. The van der Waals surface area contributed by atoms with Gasteiger partial charge < -0.3 is 14.2 Å². The molecule has 0 radical (unpaired) electrons. The number of esters is 1. The van der Waals surface area contributed by atoms with E-state index in [1.807, 2.05) is 49.4 Å². The second-order valence-corrected chi connectivity index (χ2v) is 8.33. The molecule has 0 aliphatic rings. The van der Waals surface area contributed by atoms with Gasteiger partial charge in [0.05, 0.1) is 31.5 Å². The summed E-state index contributed by atoms with van der Waals surface area (Å²) in [6, 6.07) is 13.6. The van der Waals surface area contributed by atoms with Crippen molar-refractivity contribution in [3.05, 3.63) is 69.1 Å². The highest BCUT2D eigenvalue weighted by atomic mass is 79.9. The first-order valence-electron chi connectivity index (χ1n) is 10.1. The van der Waals surface area contributed by atoms with Crippen LogP contribution in [0.2, 0.25) is 0 Å². The molecule has 168 valence electrons. The summed E-state index contributed by atoms with van der Waals surface area (Å²) in [6.45, 7) is 5.02. The molecule has 1 N–H and O–H groups in total. The minimum Gasteiger partial charge on any atom is -0.490 e. The summed E-state index contributed by atoms with van der Waals surface area (Å²) in [5.41, 5.74) is 5.44. The lowest BCUT2D eigenvalue weighted by molar-refractivity contribution is -0.142. The molecule has 2 aromatic carbocycles. The van der Waals surface area contributed by atoms with Crippen molar-refractivity contribution in [2.75, 3.05) is 18.6 Å². The summed E-state index contributed by atoms with van der Waals surface area (Å²) in [7, 11) is 0. The van der Waals surface area contributed by atoms with Gasteiger partial charge in [-0.3, -0.25) is 10.2 Å². The Labute approximate surface area is 199 Å². The Morgan fingerprint density at radius 2 is 2.03 bits per heavy atom. The largest absolute Gasteiger partial charge is 0.490 e. The van der Waals surface area contributed by atoms with E-state index < -0.39 is 0 Å². The van der Waals surface area contributed by atoms with E-state index in [1.54, 1.807) is 18.5 Å². The molecular formula is C23H24BrN3O4S. The lowest BCUT2D eigenvalue weighted by atomic mass is 10.2. The zero-order valence-electron chi connectivity index (χ0n) is 17.8. The van der Waals surface area contributed by atoms with Gasteiger partial charge in [0, 0.05) is 9.85 Å². The molecule has 3 aromatic rings. The van der Waals surface area contributed by atoms with E-state index in [-0.39, 0.29) is 12.4 Å². The van der Waals surface area contributed by atoms with Crippen molar-refractivity contribution in [1.29, 1.82) is 0 Å². The average Bonchev–Trinajstić information content (AvgIpc) is 3.20. The average molecular weight is 518 g/mol. The molecule has 0 bridgehead atoms. The molecule has 32 heavy (non-hydrogen) atoms. The van der Waals surface area contributed by atoms with Crippen molar-refractivity contribution in [2.45, 2.75) is 26.9 Å². The third-order valence-corrected chi connectivity index (χ3v) is 5.40.